The first-order valence-corrected chi connectivity index (χ1v) is 7.34. The van der Waals surface area contributed by atoms with Crippen LogP contribution in [0, 0.1) is 0 Å². The van der Waals surface area contributed by atoms with Gasteiger partial charge in [-0.15, -0.1) is 11.3 Å². The molecule has 0 aliphatic rings. The van der Waals surface area contributed by atoms with Crippen LogP contribution in [0.2, 0.25) is 15.1 Å². The van der Waals surface area contributed by atoms with E-state index in [1.54, 1.807) is 17.4 Å². The van der Waals surface area contributed by atoms with Crippen molar-refractivity contribution in [3.8, 4) is 0 Å². The monoisotopic (exact) mass is 354 g/mol. The lowest BCUT2D eigenvalue weighted by atomic mass is 10.1. The minimum absolute atomic E-state index is 0.0507. The average Bonchev–Trinajstić information content (AvgIpc) is 2.67. The SMILES string of the molecule is Clc1ccc(C(Br)c2sccc2Cl)cc1Cl. The highest BCUT2D eigenvalue weighted by molar-refractivity contribution is 9.09. The Bertz CT molecular complexity index is 510. The molecule has 84 valence electrons. The molecule has 2 rings (SSSR count). The number of benzene rings is 1. The molecular formula is C11H6BrCl3S. The molecule has 0 aliphatic carbocycles. The van der Waals surface area contributed by atoms with Gasteiger partial charge in [0.2, 0.25) is 0 Å². The molecule has 1 atom stereocenters. The molecule has 5 heteroatoms. The number of rotatable bonds is 2. The van der Waals surface area contributed by atoms with Crippen molar-refractivity contribution in [2.24, 2.45) is 0 Å². The van der Waals surface area contributed by atoms with Gasteiger partial charge in [0.15, 0.2) is 0 Å². The van der Waals surface area contributed by atoms with Crippen LogP contribution < -0.4 is 0 Å². The quantitative estimate of drug-likeness (QED) is 0.563. The zero-order valence-corrected chi connectivity index (χ0v) is 12.6. The third kappa shape index (κ3) is 2.57. The van der Waals surface area contributed by atoms with Crippen LogP contribution in [0.15, 0.2) is 29.6 Å². The second-order valence-corrected chi connectivity index (χ2v) is 6.25. The van der Waals surface area contributed by atoms with Crippen molar-refractivity contribution in [1.29, 1.82) is 0 Å². The summed E-state index contributed by atoms with van der Waals surface area (Å²) in [5.41, 5.74) is 1.04. The Labute approximate surface area is 121 Å². The maximum Gasteiger partial charge on any atom is 0.0753 e. The van der Waals surface area contributed by atoms with E-state index in [-0.39, 0.29) is 4.83 Å². The molecule has 0 aliphatic heterocycles. The summed E-state index contributed by atoms with van der Waals surface area (Å²) in [5, 5.41) is 3.83. The van der Waals surface area contributed by atoms with Crippen molar-refractivity contribution < 1.29 is 0 Å². The van der Waals surface area contributed by atoms with E-state index >= 15 is 0 Å². The summed E-state index contributed by atoms with van der Waals surface area (Å²) in [5.74, 6) is 0. The maximum absolute atomic E-state index is 6.08. The third-order valence-electron chi connectivity index (χ3n) is 2.11. The molecule has 0 spiro atoms. The Hall–Kier alpha value is 0.270. The lowest BCUT2D eigenvalue weighted by molar-refractivity contribution is 1.23. The highest BCUT2D eigenvalue weighted by atomic mass is 79.9. The third-order valence-corrected chi connectivity index (χ3v) is 5.56. The molecule has 2 aromatic rings. The number of alkyl halides is 1. The molecule has 1 unspecified atom stereocenters. The molecular weight excluding hydrogens is 350 g/mol. The van der Waals surface area contributed by atoms with E-state index in [1.165, 1.54) is 0 Å². The van der Waals surface area contributed by atoms with E-state index in [2.05, 4.69) is 15.9 Å². The van der Waals surface area contributed by atoms with Crippen LogP contribution in [-0.4, -0.2) is 0 Å². The zero-order valence-electron chi connectivity index (χ0n) is 7.88. The highest BCUT2D eigenvalue weighted by Gasteiger charge is 2.15. The van der Waals surface area contributed by atoms with Gasteiger partial charge in [0, 0.05) is 4.88 Å². The van der Waals surface area contributed by atoms with Gasteiger partial charge in [-0.3, -0.25) is 0 Å². The van der Waals surface area contributed by atoms with Crippen LogP contribution in [0.5, 0.6) is 0 Å². The van der Waals surface area contributed by atoms with Crippen LogP contribution in [0.3, 0.4) is 0 Å². The first-order chi connectivity index (χ1) is 7.59. The van der Waals surface area contributed by atoms with E-state index in [4.69, 9.17) is 34.8 Å². The summed E-state index contributed by atoms with van der Waals surface area (Å²) in [6.07, 6.45) is 0. The topological polar surface area (TPSA) is 0 Å². The van der Waals surface area contributed by atoms with E-state index in [9.17, 15) is 0 Å². The van der Waals surface area contributed by atoms with E-state index in [1.807, 2.05) is 23.6 Å². The van der Waals surface area contributed by atoms with Crippen molar-refractivity contribution in [2.75, 3.05) is 0 Å². The Morgan fingerprint density at radius 1 is 1.00 bits per heavy atom. The van der Waals surface area contributed by atoms with Crippen LogP contribution in [-0.2, 0) is 0 Å². The van der Waals surface area contributed by atoms with Gasteiger partial charge >= 0.3 is 0 Å². The van der Waals surface area contributed by atoms with E-state index in [0.29, 0.717) is 10.0 Å². The van der Waals surface area contributed by atoms with Gasteiger partial charge in [0.1, 0.15) is 0 Å². The normalized spacial score (nSPS) is 12.8. The number of thiophene rings is 1. The van der Waals surface area contributed by atoms with Gasteiger partial charge < -0.3 is 0 Å². The molecule has 0 saturated carbocycles. The Balaban J connectivity index is 2.38. The summed E-state index contributed by atoms with van der Waals surface area (Å²) in [6.45, 7) is 0. The molecule has 1 heterocycles. The average molecular weight is 356 g/mol. The molecule has 16 heavy (non-hydrogen) atoms. The predicted molar refractivity (Wildman–Crippen MR) is 76.6 cm³/mol. The van der Waals surface area contributed by atoms with Gasteiger partial charge in [-0.2, -0.15) is 0 Å². The molecule has 0 amide bonds. The molecule has 1 aromatic heterocycles. The van der Waals surface area contributed by atoms with Crippen molar-refractivity contribution in [3.05, 3.63) is 55.2 Å². The van der Waals surface area contributed by atoms with Crippen LogP contribution in [0.25, 0.3) is 0 Å². The van der Waals surface area contributed by atoms with Crippen LogP contribution in [0.4, 0.5) is 0 Å². The largest absolute Gasteiger partial charge is 0.146 e. The summed E-state index contributed by atoms with van der Waals surface area (Å²) >= 11 is 23.1. The summed E-state index contributed by atoms with van der Waals surface area (Å²) < 4.78 is 0. The van der Waals surface area contributed by atoms with Crippen molar-refractivity contribution >= 4 is 62.1 Å². The molecule has 0 N–H and O–H groups in total. The Morgan fingerprint density at radius 3 is 2.31 bits per heavy atom. The molecule has 1 aromatic carbocycles. The van der Waals surface area contributed by atoms with Gasteiger partial charge in [-0.1, -0.05) is 56.8 Å². The van der Waals surface area contributed by atoms with E-state index < -0.39 is 0 Å². The first-order valence-electron chi connectivity index (χ1n) is 4.41. The molecule has 0 saturated heterocycles. The zero-order chi connectivity index (χ0) is 11.7. The molecule has 0 fully saturated rings. The minimum Gasteiger partial charge on any atom is -0.146 e. The van der Waals surface area contributed by atoms with Gasteiger partial charge in [0.25, 0.3) is 0 Å². The van der Waals surface area contributed by atoms with Gasteiger partial charge in [0.05, 0.1) is 19.9 Å². The van der Waals surface area contributed by atoms with Crippen LogP contribution in [0.1, 0.15) is 15.3 Å². The Morgan fingerprint density at radius 2 is 1.75 bits per heavy atom. The Kier molecular flexibility index (Phi) is 4.20. The van der Waals surface area contributed by atoms with E-state index in [0.717, 1.165) is 15.5 Å². The van der Waals surface area contributed by atoms with Crippen molar-refractivity contribution in [3.63, 3.8) is 0 Å². The highest BCUT2D eigenvalue weighted by Crippen LogP contribution is 2.40. The number of hydrogen-bond acceptors (Lipinski definition) is 1. The lowest BCUT2D eigenvalue weighted by Crippen LogP contribution is -1.90. The fraction of sp³-hybridized carbons (Fsp3) is 0.0909. The maximum atomic E-state index is 6.08. The minimum atomic E-state index is 0.0507. The van der Waals surface area contributed by atoms with Crippen molar-refractivity contribution in [2.45, 2.75) is 4.83 Å². The smallest absolute Gasteiger partial charge is 0.0753 e. The molecule has 0 bridgehead atoms. The number of hydrogen-bond donors (Lipinski definition) is 0. The summed E-state index contributed by atoms with van der Waals surface area (Å²) in [7, 11) is 0. The fourth-order valence-corrected chi connectivity index (χ4v) is 3.77. The predicted octanol–water partition coefficient (Wildman–Crippen LogP) is 6.19. The van der Waals surface area contributed by atoms with Crippen molar-refractivity contribution in [1.82, 2.24) is 0 Å². The van der Waals surface area contributed by atoms with Gasteiger partial charge in [-0.05, 0) is 29.1 Å². The summed E-state index contributed by atoms with van der Waals surface area (Å²) in [4.78, 5) is 1.12. The first kappa shape index (κ1) is 12.7. The standard InChI is InChI=1S/C11H6BrCl3S/c12-10(11-8(14)3-4-16-11)6-1-2-7(13)9(15)5-6/h1-5,10H. The second kappa shape index (κ2) is 5.28. The fourth-order valence-electron chi connectivity index (χ4n) is 1.31. The lowest BCUT2D eigenvalue weighted by Gasteiger charge is -2.09. The molecule has 0 nitrogen and oxygen atoms in total. The summed E-state index contributed by atoms with van der Waals surface area (Å²) in [6, 6.07) is 7.45. The van der Waals surface area contributed by atoms with Crippen LogP contribution >= 0.6 is 62.1 Å². The van der Waals surface area contributed by atoms with Gasteiger partial charge in [-0.25, -0.2) is 0 Å². The number of halogens is 4. The second-order valence-electron chi connectivity index (χ2n) is 3.17. The molecule has 0 radical (unpaired) electrons.